The maximum Gasteiger partial charge on any atom is 0.0887 e. The maximum absolute atomic E-state index is 3.95. The Balaban J connectivity index is 1.18. The van der Waals surface area contributed by atoms with E-state index < -0.39 is 0 Å². The maximum atomic E-state index is 3.95. The molecule has 1 fully saturated rings. The van der Waals surface area contributed by atoms with Gasteiger partial charge in [0.15, 0.2) is 0 Å². The Labute approximate surface area is 282 Å². The van der Waals surface area contributed by atoms with Crippen LogP contribution in [0.3, 0.4) is 0 Å². The topological polar surface area (TPSA) is 27.3 Å². The van der Waals surface area contributed by atoms with E-state index in [1.807, 2.05) is 0 Å². The molecule has 1 saturated heterocycles. The molecule has 3 heteroatoms. The number of hydrogen-bond donors (Lipinski definition) is 2. The third kappa shape index (κ3) is 6.42. The highest BCUT2D eigenvalue weighted by atomic mass is 15.4. The van der Waals surface area contributed by atoms with Crippen LogP contribution in [0.25, 0.3) is 5.57 Å². The molecule has 1 aliphatic heterocycles. The summed E-state index contributed by atoms with van der Waals surface area (Å²) in [6.07, 6.45) is 30.6. The van der Waals surface area contributed by atoms with E-state index in [1.54, 1.807) is 22.3 Å². The molecular weight excluding hydrogens is 571 g/mol. The lowest BCUT2D eigenvalue weighted by atomic mass is 9.75. The van der Waals surface area contributed by atoms with Crippen molar-refractivity contribution in [3.05, 3.63) is 159 Å². The van der Waals surface area contributed by atoms with Crippen molar-refractivity contribution in [3.8, 4) is 0 Å². The minimum absolute atomic E-state index is 0.0493. The summed E-state index contributed by atoms with van der Waals surface area (Å²) in [5, 5.41) is 7.86. The summed E-state index contributed by atoms with van der Waals surface area (Å²) in [6.45, 7) is 7.01. The summed E-state index contributed by atoms with van der Waals surface area (Å²) < 4.78 is 0. The standard InChI is InChI=1S/C44H51N3/c1-5-6-16-32(27-25-31-26-28-38-37-23-13-14-24-39(37)44(2,3)40(38)29-31)35-21-15-22-36(30-35)43-46-41(33-17-9-7-10-18-33)45-42(47(43)4)34-19-11-8-12-20-34/h5-11,15-19,21-22,25,27,29-30,41-43,45-46H,12-14,20,23-24,26,28H2,1-4H3/b6-5-,27-25+,32-16+. The second-order valence-corrected chi connectivity index (χ2v) is 14.4. The summed E-state index contributed by atoms with van der Waals surface area (Å²) >= 11 is 0. The zero-order chi connectivity index (χ0) is 32.4. The van der Waals surface area contributed by atoms with Crippen LogP contribution in [0, 0.1) is 5.41 Å². The van der Waals surface area contributed by atoms with Crippen molar-refractivity contribution in [2.45, 2.75) is 90.6 Å². The van der Waals surface area contributed by atoms with Gasteiger partial charge in [-0.25, -0.2) is 0 Å². The zero-order valence-electron chi connectivity index (χ0n) is 28.7. The fourth-order valence-electron chi connectivity index (χ4n) is 8.51. The van der Waals surface area contributed by atoms with Crippen molar-refractivity contribution < 1.29 is 0 Å². The van der Waals surface area contributed by atoms with Crippen LogP contribution in [-0.4, -0.2) is 18.1 Å². The van der Waals surface area contributed by atoms with Gasteiger partial charge in [-0.05, 0) is 122 Å². The molecule has 242 valence electrons. The molecule has 0 spiro atoms. The molecule has 3 unspecified atom stereocenters. The summed E-state index contributed by atoms with van der Waals surface area (Å²) in [6, 6.07) is 19.9. The SMILES string of the molecule is C\C=C/C=C(\C=C\C1=CC2=C(CC1)C1=C(CCCC1)C2(C)C)c1cccc(C2NC(c3ccccc3)NC(C3=CC=CCC3)N2C)c1. The van der Waals surface area contributed by atoms with Gasteiger partial charge in [-0.1, -0.05) is 123 Å². The highest BCUT2D eigenvalue weighted by Crippen LogP contribution is 2.55. The first-order valence-corrected chi connectivity index (χ1v) is 17.9. The van der Waals surface area contributed by atoms with E-state index >= 15 is 0 Å². The molecule has 0 bridgehead atoms. The van der Waals surface area contributed by atoms with Gasteiger partial charge in [0.05, 0.1) is 18.5 Å². The first-order chi connectivity index (χ1) is 22.9. The van der Waals surface area contributed by atoms with Gasteiger partial charge in [0.25, 0.3) is 0 Å². The predicted molar refractivity (Wildman–Crippen MR) is 198 cm³/mol. The third-order valence-corrected chi connectivity index (χ3v) is 11.1. The smallest absolute Gasteiger partial charge is 0.0887 e. The quantitative estimate of drug-likeness (QED) is 0.301. The molecule has 2 aromatic carbocycles. The molecule has 7 rings (SSSR count). The highest BCUT2D eigenvalue weighted by Gasteiger charge is 2.40. The Morgan fingerprint density at radius 3 is 2.49 bits per heavy atom. The summed E-state index contributed by atoms with van der Waals surface area (Å²) in [7, 11) is 2.24. The number of allylic oxidation sites excluding steroid dienone is 15. The molecule has 4 aliphatic carbocycles. The number of likely N-dealkylation sites (N-methyl/N-ethyl adjacent to an activating group) is 1. The number of fused-ring (bicyclic) bond motifs is 1. The average Bonchev–Trinajstić information content (AvgIpc) is 3.35. The molecule has 3 atom stereocenters. The van der Waals surface area contributed by atoms with E-state index in [9.17, 15) is 0 Å². The van der Waals surface area contributed by atoms with Gasteiger partial charge < -0.3 is 0 Å². The zero-order valence-corrected chi connectivity index (χ0v) is 28.7. The lowest BCUT2D eigenvalue weighted by molar-refractivity contribution is 0.0596. The van der Waals surface area contributed by atoms with Crippen molar-refractivity contribution in [1.29, 1.82) is 0 Å². The lowest BCUT2D eigenvalue weighted by Gasteiger charge is -2.46. The van der Waals surface area contributed by atoms with Gasteiger partial charge in [0, 0.05) is 5.41 Å². The van der Waals surface area contributed by atoms with Gasteiger partial charge in [-0.2, -0.15) is 0 Å². The summed E-state index contributed by atoms with van der Waals surface area (Å²) in [4.78, 5) is 2.46. The van der Waals surface area contributed by atoms with E-state index in [4.69, 9.17) is 0 Å². The normalized spacial score (nSPS) is 26.6. The van der Waals surface area contributed by atoms with E-state index in [2.05, 4.69) is 153 Å². The Kier molecular flexibility index (Phi) is 9.32. The molecule has 3 nitrogen and oxygen atoms in total. The van der Waals surface area contributed by atoms with Gasteiger partial charge in [0.1, 0.15) is 0 Å². The molecule has 47 heavy (non-hydrogen) atoms. The van der Waals surface area contributed by atoms with Gasteiger partial charge >= 0.3 is 0 Å². The average molecular weight is 622 g/mol. The molecule has 1 heterocycles. The number of nitrogens with one attached hydrogen (secondary N) is 2. The van der Waals surface area contributed by atoms with Gasteiger partial charge in [-0.15, -0.1) is 0 Å². The monoisotopic (exact) mass is 621 g/mol. The number of rotatable bonds is 7. The Morgan fingerprint density at radius 2 is 1.68 bits per heavy atom. The van der Waals surface area contributed by atoms with Gasteiger partial charge in [0.2, 0.25) is 0 Å². The van der Waals surface area contributed by atoms with Crippen LogP contribution >= 0.6 is 0 Å². The Bertz CT molecular complexity index is 1740. The number of benzene rings is 2. The second-order valence-electron chi connectivity index (χ2n) is 14.4. The highest BCUT2D eigenvalue weighted by molar-refractivity contribution is 5.76. The van der Waals surface area contributed by atoms with Crippen molar-refractivity contribution in [2.75, 3.05) is 7.05 Å². The van der Waals surface area contributed by atoms with Crippen LogP contribution in [-0.2, 0) is 0 Å². The Morgan fingerprint density at radius 1 is 0.872 bits per heavy atom. The fraction of sp³-hybridized carbons (Fsp3) is 0.364. The van der Waals surface area contributed by atoms with Crippen molar-refractivity contribution in [1.82, 2.24) is 15.5 Å². The van der Waals surface area contributed by atoms with E-state index in [0.29, 0.717) is 0 Å². The van der Waals surface area contributed by atoms with Crippen LogP contribution in [0.5, 0.6) is 0 Å². The molecular formula is C44H51N3. The Hall–Kier alpha value is -3.76. The van der Waals surface area contributed by atoms with Crippen molar-refractivity contribution in [2.24, 2.45) is 5.41 Å². The molecule has 0 radical (unpaired) electrons. The summed E-state index contributed by atoms with van der Waals surface area (Å²) in [5.74, 6) is 0. The predicted octanol–water partition coefficient (Wildman–Crippen LogP) is 10.6. The largest absolute Gasteiger partial charge is 0.279 e. The molecule has 0 aromatic heterocycles. The minimum Gasteiger partial charge on any atom is -0.279 e. The fourth-order valence-corrected chi connectivity index (χ4v) is 8.51. The molecule has 5 aliphatic rings. The molecule has 0 amide bonds. The van der Waals surface area contributed by atoms with E-state index in [1.165, 1.54) is 65.5 Å². The van der Waals surface area contributed by atoms with Gasteiger partial charge in [-0.3, -0.25) is 15.5 Å². The summed E-state index contributed by atoms with van der Waals surface area (Å²) in [5.41, 5.74) is 14.8. The van der Waals surface area contributed by atoms with Crippen LogP contribution in [0.2, 0.25) is 0 Å². The first kappa shape index (κ1) is 31.8. The first-order valence-electron chi connectivity index (χ1n) is 17.9. The van der Waals surface area contributed by atoms with Crippen molar-refractivity contribution in [3.63, 3.8) is 0 Å². The van der Waals surface area contributed by atoms with Crippen molar-refractivity contribution >= 4 is 5.57 Å². The van der Waals surface area contributed by atoms with Crippen LogP contribution in [0.15, 0.2) is 143 Å². The van der Waals surface area contributed by atoms with Crippen LogP contribution < -0.4 is 10.6 Å². The molecule has 2 N–H and O–H groups in total. The van der Waals surface area contributed by atoms with Crippen LogP contribution in [0.4, 0.5) is 0 Å². The molecule has 0 saturated carbocycles. The van der Waals surface area contributed by atoms with E-state index in [0.717, 1.165) is 19.3 Å². The van der Waals surface area contributed by atoms with E-state index in [-0.39, 0.29) is 23.9 Å². The minimum atomic E-state index is 0.0493. The number of hydrogen-bond acceptors (Lipinski definition) is 3. The second kappa shape index (κ2) is 13.8. The van der Waals surface area contributed by atoms with Crippen LogP contribution in [0.1, 0.15) is 101 Å². The molecule has 2 aromatic rings. The third-order valence-electron chi connectivity index (χ3n) is 11.1. The number of nitrogens with zero attached hydrogens (tertiary/aromatic N) is 1. The lowest BCUT2D eigenvalue weighted by Crippen LogP contribution is -2.60.